The number of ether oxygens (including phenoxy) is 1. The van der Waals surface area contributed by atoms with Crippen molar-refractivity contribution < 1.29 is 22.7 Å². The van der Waals surface area contributed by atoms with E-state index in [1.807, 2.05) is 18.2 Å². The predicted molar refractivity (Wildman–Crippen MR) is 88.9 cm³/mol. The quantitative estimate of drug-likeness (QED) is 0.803. The fourth-order valence-electron chi connectivity index (χ4n) is 2.64. The molecular weight excluding hydrogens is 355 g/mol. The minimum Gasteiger partial charge on any atom is -0.484 e. The number of hydrogen-bond donors (Lipinski definition) is 1. The first-order valence-corrected chi connectivity index (χ1v) is 8.06. The molecule has 0 radical (unpaired) electrons. The Morgan fingerprint density at radius 1 is 1.16 bits per heavy atom. The van der Waals surface area contributed by atoms with Gasteiger partial charge in [0.25, 0.3) is 0 Å². The highest BCUT2D eigenvalue weighted by Gasteiger charge is 2.44. The Morgan fingerprint density at radius 3 is 2.48 bits per heavy atom. The van der Waals surface area contributed by atoms with E-state index in [1.165, 1.54) is 24.3 Å². The molecule has 0 aromatic heterocycles. The minimum atomic E-state index is -4.38. The number of benzene rings is 2. The Bertz CT molecular complexity index is 762. The predicted octanol–water partition coefficient (Wildman–Crippen LogP) is 5.02. The molecule has 0 heterocycles. The Labute approximate surface area is 147 Å². The molecule has 0 saturated heterocycles. The van der Waals surface area contributed by atoms with Gasteiger partial charge in [-0.1, -0.05) is 29.8 Å². The van der Waals surface area contributed by atoms with Crippen molar-refractivity contribution in [2.75, 3.05) is 11.9 Å². The summed E-state index contributed by atoms with van der Waals surface area (Å²) in [6, 6.07) is 13.2. The highest BCUT2D eigenvalue weighted by Crippen LogP contribution is 2.50. The molecule has 1 amide bonds. The first-order chi connectivity index (χ1) is 11.8. The summed E-state index contributed by atoms with van der Waals surface area (Å²) in [5.41, 5.74) is 1.47. The van der Waals surface area contributed by atoms with Crippen LogP contribution in [-0.4, -0.2) is 18.7 Å². The van der Waals surface area contributed by atoms with Crippen molar-refractivity contribution in [3.63, 3.8) is 0 Å². The second kappa shape index (κ2) is 6.96. The zero-order valence-corrected chi connectivity index (χ0v) is 13.8. The Morgan fingerprint density at radius 2 is 1.84 bits per heavy atom. The number of rotatable bonds is 5. The van der Waals surface area contributed by atoms with Gasteiger partial charge in [0.15, 0.2) is 6.61 Å². The van der Waals surface area contributed by atoms with Crippen molar-refractivity contribution in [2.45, 2.75) is 18.5 Å². The number of halogens is 4. The van der Waals surface area contributed by atoms with E-state index in [-0.39, 0.29) is 23.5 Å². The second-order valence-electron chi connectivity index (χ2n) is 5.89. The first-order valence-electron chi connectivity index (χ1n) is 7.68. The third-order valence-electron chi connectivity index (χ3n) is 3.96. The Kier molecular flexibility index (Phi) is 4.90. The molecule has 0 bridgehead atoms. The number of nitrogens with one attached hydrogen (secondary N) is 1. The summed E-state index contributed by atoms with van der Waals surface area (Å²) in [5, 5.41) is 3.41. The van der Waals surface area contributed by atoms with Crippen LogP contribution in [0, 0.1) is 5.92 Å². The molecule has 1 N–H and O–H groups in total. The van der Waals surface area contributed by atoms with Gasteiger partial charge in [-0.25, -0.2) is 0 Å². The molecule has 1 aliphatic rings. The lowest BCUT2D eigenvalue weighted by molar-refractivity contribution is -0.153. The van der Waals surface area contributed by atoms with E-state index < -0.39 is 12.8 Å². The molecule has 2 aromatic carbocycles. The molecule has 0 aliphatic heterocycles. The topological polar surface area (TPSA) is 38.3 Å². The zero-order valence-electron chi connectivity index (χ0n) is 13.0. The lowest BCUT2D eigenvalue weighted by Gasteiger charge is -2.10. The van der Waals surface area contributed by atoms with Crippen LogP contribution < -0.4 is 10.1 Å². The standard InChI is InChI=1S/C18H15ClF3NO2/c19-16-4-2-1-3-13(16)14-9-15(14)17(24)23-11-5-7-12(8-6-11)25-10-18(20,21)22/h1-8,14-15H,9-10H2,(H,23,24). The number of carbonyl (C=O) groups excluding carboxylic acids is 1. The lowest BCUT2D eigenvalue weighted by Crippen LogP contribution is -2.19. The van der Waals surface area contributed by atoms with E-state index in [4.69, 9.17) is 11.6 Å². The summed E-state index contributed by atoms with van der Waals surface area (Å²) in [6.07, 6.45) is -3.66. The molecule has 7 heteroatoms. The van der Waals surface area contributed by atoms with Crippen LogP contribution in [0.15, 0.2) is 48.5 Å². The monoisotopic (exact) mass is 369 g/mol. The van der Waals surface area contributed by atoms with E-state index in [1.54, 1.807) is 6.07 Å². The average Bonchev–Trinajstić information content (AvgIpc) is 3.34. The van der Waals surface area contributed by atoms with Gasteiger partial charge in [0.1, 0.15) is 5.75 Å². The molecule has 1 saturated carbocycles. The Hall–Kier alpha value is -2.21. The highest BCUT2D eigenvalue weighted by molar-refractivity contribution is 6.31. The highest BCUT2D eigenvalue weighted by atomic mass is 35.5. The van der Waals surface area contributed by atoms with Gasteiger partial charge in [0.05, 0.1) is 0 Å². The number of hydrogen-bond acceptors (Lipinski definition) is 2. The van der Waals surface area contributed by atoms with Gasteiger partial charge in [0, 0.05) is 16.6 Å². The van der Waals surface area contributed by atoms with Crippen LogP contribution in [0.2, 0.25) is 5.02 Å². The summed E-state index contributed by atoms with van der Waals surface area (Å²) in [5.74, 6) is -0.0892. The molecular formula is C18H15ClF3NO2. The van der Waals surface area contributed by atoms with Crippen molar-refractivity contribution in [2.24, 2.45) is 5.92 Å². The maximum atomic E-state index is 12.3. The fourth-order valence-corrected chi connectivity index (χ4v) is 2.91. The zero-order chi connectivity index (χ0) is 18.0. The van der Waals surface area contributed by atoms with Gasteiger partial charge in [-0.3, -0.25) is 4.79 Å². The summed E-state index contributed by atoms with van der Waals surface area (Å²) in [4.78, 5) is 12.3. The van der Waals surface area contributed by atoms with Gasteiger partial charge in [-0.2, -0.15) is 13.2 Å². The molecule has 3 nitrogen and oxygen atoms in total. The Balaban J connectivity index is 1.55. The van der Waals surface area contributed by atoms with Crippen LogP contribution in [0.4, 0.5) is 18.9 Å². The largest absolute Gasteiger partial charge is 0.484 e. The third kappa shape index (κ3) is 4.66. The van der Waals surface area contributed by atoms with Crippen LogP contribution in [0.1, 0.15) is 17.9 Å². The SMILES string of the molecule is O=C(Nc1ccc(OCC(F)(F)F)cc1)C1CC1c1ccccc1Cl. The van der Waals surface area contributed by atoms with Crippen LogP contribution in [0.25, 0.3) is 0 Å². The summed E-state index contributed by atoms with van der Waals surface area (Å²) < 4.78 is 40.9. The summed E-state index contributed by atoms with van der Waals surface area (Å²) >= 11 is 6.14. The minimum absolute atomic E-state index is 0.0932. The average molecular weight is 370 g/mol. The van der Waals surface area contributed by atoms with Gasteiger partial charge in [-0.15, -0.1) is 0 Å². The number of anilines is 1. The van der Waals surface area contributed by atoms with Crippen LogP contribution in [-0.2, 0) is 4.79 Å². The maximum Gasteiger partial charge on any atom is 0.422 e. The normalized spacial score (nSPS) is 19.4. The number of alkyl halides is 3. The van der Waals surface area contributed by atoms with E-state index in [9.17, 15) is 18.0 Å². The van der Waals surface area contributed by atoms with Crippen molar-refractivity contribution in [1.29, 1.82) is 0 Å². The molecule has 132 valence electrons. The molecule has 1 aliphatic carbocycles. The van der Waals surface area contributed by atoms with Crippen molar-refractivity contribution in [3.05, 3.63) is 59.1 Å². The number of amides is 1. The summed E-state index contributed by atoms with van der Waals surface area (Å²) in [7, 11) is 0. The van der Waals surface area contributed by atoms with Crippen molar-refractivity contribution in [1.82, 2.24) is 0 Å². The van der Waals surface area contributed by atoms with Crippen LogP contribution in [0.3, 0.4) is 0 Å². The molecule has 2 aromatic rings. The molecule has 2 unspecified atom stereocenters. The first kappa shape index (κ1) is 17.6. The van der Waals surface area contributed by atoms with E-state index in [0.717, 1.165) is 12.0 Å². The van der Waals surface area contributed by atoms with Gasteiger partial charge < -0.3 is 10.1 Å². The molecule has 0 spiro atoms. The number of carbonyl (C=O) groups is 1. The smallest absolute Gasteiger partial charge is 0.422 e. The molecule has 1 fully saturated rings. The lowest BCUT2D eigenvalue weighted by atomic mass is 10.1. The van der Waals surface area contributed by atoms with Crippen LogP contribution >= 0.6 is 11.6 Å². The van der Waals surface area contributed by atoms with Gasteiger partial charge in [-0.05, 0) is 48.2 Å². The van der Waals surface area contributed by atoms with E-state index in [0.29, 0.717) is 10.7 Å². The fraction of sp³-hybridized carbons (Fsp3) is 0.278. The van der Waals surface area contributed by atoms with Crippen molar-refractivity contribution in [3.8, 4) is 5.75 Å². The summed E-state index contributed by atoms with van der Waals surface area (Å²) in [6.45, 7) is -1.35. The third-order valence-corrected chi connectivity index (χ3v) is 4.30. The van der Waals surface area contributed by atoms with Gasteiger partial charge in [0.2, 0.25) is 5.91 Å². The van der Waals surface area contributed by atoms with Crippen molar-refractivity contribution >= 4 is 23.2 Å². The second-order valence-corrected chi connectivity index (χ2v) is 6.29. The molecule has 3 rings (SSSR count). The van der Waals surface area contributed by atoms with E-state index in [2.05, 4.69) is 10.1 Å². The van der Waals surface area contributed by atoms with Crippen LogP contribution in [0.5, 0.6) is 5.75 Å². The molecule has 2 atom stereocenters. The van der Waals surface area contributed by atoms with Gasteiger partial charge >= 0.3 is 6.18 Å². The maximum absolute atomic E-state index is 12.3. The molecule has 25 heavy (non-hydrogen) atoms. The van der Waals surface area contributed by atoms with E-state index >= 15 is 0 Å².